The van der Waals surface area contributed by atoms with Crippen LogP contribution in [0.3, 0.4) is 0 Å². The molecular weight excluding hydrogens is 180 g/mol. The molecule has 14 heavy (non-hydrogen) atoms. The Morgan fingerprint density at radius 2 is 2.00 bits per heavy atom. The topological polar surface area (TPSA) is 52.6 Å². The van der Waals surface area contributed by atoms with Crippen molar-refractivity contribution in [3.05, 3.63) is 0 Å². The zero-order valence-electron chi connectivity index (χ0n) is 9.25. The molecule has 0 fully saturated rings. The second-order valence-corrected chi connectivity index (χ2v) is 3.30. The van der Waals surface area contributed by atoms with Crippen LogP contribution >= 0.6 is 0 Å². The number of nitrogens with one attached hydrogen (secondary N) is 1. The molecule has 0 aromatic rings. The van der Waals surface area contributed by atoms with Gasteiger partial charge in [0, 0.05) is 19.6 Å². The van der Waals surface area contributed by atoms with E-state index in [-0.39, 0.29) is 12.6 Å². The highest BCUT2D eigenvalue weighted by Gasteiger charge is 2.09. The lowest BCUT2D eigenvalue weighted by molar-refractivity contribution is 0.177. The molecule has 4 heteroatoms. The summed E-state index contributed by atoms with van der Waals surface area (Å²) >= 11 is 0. The summed E-state index contributed by atoms with van der Waals surface area (Å²) in [6.45, 7) is 5.99. The minimum atomic E-state index is -0.0608. The lowest BCUT2D eigenvalue weighted by Crippen LogP contribution is -2.42. The predicted octanol–water partition coefficient (Wildman–Crippen LogP) is 1.20. The van der Waals surface area contributed by atoms with E-state index in [9.17, 15) is 4.79 Å². The van der Waals surface area contributed by atoms with Crippen molar-refractivity contribution < 1.29 is 9.90 Å². The van der Waals surface area contributed by atoms with Crippen LogP contribution in [0.5, 0.6) is 0 Å². The molecule has 2 amide bonds. The number of urea groups is 1. The van der Waals surface area contributed by atoms with Gasteiger partial charge in [0.2, 0.25) is 0 Å². The fourth-order valence-corrected chi connectivity index (χ4v) is 1.19. The zero-order chi connectivity index (χ0) is 10.8. The minimum Gasteiger partial charge on any atom is -0.395 e. The third kappa shape index (κ3) is 5.80. The quantitative estimate of drug-likeness (QED) is 0.609. The highest BCUT2D eigenvalue weighted by atomic mass is 16.3. The van der Waals surface area contributed by atoms with Crippen LogP contribution in [-0.4, -0.2) is 42.3 Å². The van der Waals surface area contributed by atoms with Gasteiger partial charge in [-0.05, 0) is 12.8 Å². The summed E-state index contributed by atoms with van der Waals surface area (Å²) in [4.78, 5) is 13.2. The summed E-state index contributed by atoms with van der Waals surface area (Å²) in [6, 6.07) is -0.0608. The lowest BCUT2D eigenvalue weighted by Gasteiger charge is -2.21. The monoisotopic (exact) mass is 202 g/mol. The smallest absolute Gasteiger partial charge is 0.317 e. The van der Waals surface area contributed by atoms with Crippen LogP contribution in [0.1, 0.15) is 33.1 Å². The predicted molar refractivity (Wildman–Crippen MR) is 57.3 cm³/mol. The Hall–Kier alpha value is -0.770. The van der Waals surface area contributed by atoms with Crippen molar-refractivity contribution in [2.45, 2.75) is 33.1 Å². The minimum absolute atomic E-state index is 0.0290. The van der Waals surface area contributed by atoms with E-state index in [1.54, 1.807) is 4.90 Å². The Morgan fingerprint density at radius 1 is 1.29 bits per heavy atom. The van der Waals surface area contributed by atoms with E-state index in [2.05, 4.69) is 12.2 Å². The molecule has 0 bridgehead atoms. The van der Waals surface area contributed by atoms with Crippen LogP contribution in [0, 0.1) is 0 Å². The number of unbranched alkanes of at least 4 members (excludes halogenated alkanes) is 1. The molecule has 0 aliphatic heterocycles. The summed E-state index contributed by atoms with van der Waals surface area (Å²) in [5, 5.41) is 11.6. The van der Waals surface area contributed by atoms with E-state index in [4.69, 9.17) is 5.11 Å². The number of hydrogen-bond acceptors (Lipinski definition) is 2. The summed E-state index contributed by atoms with van der Waals surface area (Å²) in [5.41, 5.74) is 0. The normalized spacial score (nSPS) is 9.93. The number of aliphatic hydroxyl groups excluding tert-OH is 1. The summed E-state index contributed by atoms with van der Waals surface area (Å²) in [7, 11) is 0. The van der Waals surface area contributed by atoms with Crippen LogP contribution < -0.4 is 5.32 Å². The molecule has 0 saturated heterocycles. The highest BCUT2D eigenvalue weighted by Crippen LogP contribution is 1.92. The number of carbonyl (C=O) groups is 1. The molecule has 0 aromatic heterocycles. The van der Waals surface area contributed by atoms with Crippen LogP contribution in [-0.2, 0) is 0 Å². The Labute approximate surface area is 86.3 Å². The molecule has 0 atom stereocenters. The van der Waals surface area contributed by atoms with Gasteiger partial charge < -0.3 is 15.3 Å². The van der Waals surface area contributed by atoms with Crippen LogP contribution in [0.2, 0.25) is 0 Å². The molecule has 0 spiro atoms. The van der Waals surface area contributed by atoms with Crippen molar-refractivity contribution in [1.82, 2.24) is 10.2 Å². The SMILES string of the molecule is CCCCNC(=O)N(CCC)CCO. The molecular formula is C10H22N2O2. The molecule has 84 valence electrons. The third-order valence-electron chi connectivity index (χ3n) is 1.96. The Balaban J connectivity index is 3.76. The maximum absolute atomic E-state index is 11.5. The number of amides is 2. The summed E-state index contributed by atoms with van der Waals surface area (Å²) in [6.07, 6.45) is 3.00. The van der Waals surface area contributed by atoms with Gasteiger partial charge in [0.05, 0.1) is 6.61 Å². The van der Waals surface area contributed by atoms with Crippen LogP contribution in [0.4, 0.5) is 4.79 Å². The fraction of sp³-hybridized carbons (Fsp3) is 0.900. The average molecular weight is 202 g/mol. The van der Waals surface area contributed by atoms with Crippen LogP contribution in [0.15, 0.2) is 0 Å². The summed E-state index contributed by atoms with van der Waals surface area (Å²) < 4.78 is 0. The number of rotatable bonds is 7. The van der Waals surface area contributed by atoms with Crippen molar-refractivity contribution in [1.29, 1.82) is 0 Å². The molecule has 0 aliphatic carbocycles. The largest absolute Gasteiger partial charge is 0.395 e. The molecule has 0 unspecified atom stereocenters. The van der Waals surface area contributed by atoms with Gasteiger partial charge in [0.15, 0.2) is 0 Å². The van der Waals surface area contributed by atoms with Gasteiger partial charge in [0.25, 0.3) is 0 Å². The first-order valence-electron chi connectivity index (χ1n) is 5.39. The first-order chi connectivity index (χ1) is 6.76. The van der Waals surface area contributed by atoms with Gasteiger partial charge in [-0.25, -0.2) is 4.79 Å². The Morgan fingerprint density at radius 3 is 2.50 bits per heavy atom. The molecule has 2 N–H and O–H groups in total. The average Bonchev–Trinajstić information content (AvgIpc) is 2.18. The first kappa shape index (κ1) is 13.2. The van der Waals surface area contributed by atoms with E-state index in [0.717, 1.165) is 25.8 Å². The molecule has 0 aromatic carbocycles. The maximum atomic E-state index is 11.5. The number of hydrogen-bond donors (Lipinski definition) is 2. The Kier molecular flexibility index (Phi) is 8.33. The molecule has 4 nitrogen and oxygen atoms in total. The van der Waals surface area contributed by atoms with Gasteiger partial charge >= 0.3 is 6.03 Å². The standard InChI is InChI=1S/C10H22N2O2/c1-3-5-6-11-10(14)12(7-4-2)8-9-13/h13H,3-9H2,1-2H3,(H,11,14). The third-order valence-corrected chi connectivity index (χ3v) is 1.96. The zero-order valence-corrected chi connectivity index (χ0v) is 9.25. The highest BCUT2D eigenvalue weighted by molar-refractivity contribution is 5.74. The number of carbonyl (C=O) groups excluding carboxylic acids is 1. The number of nitrogens with zero attached hydrogens (tertiary/aromatic N) is 1. The second-order valence-electron chi connectivity index (χ2n) is 3.30. The number of aliphatic hydroxyl groups is 1. The molecule has 0 heterocycles. The van der Waals surface area contributed by atoms with E-state index in [1.807, 2.05) is 6.92 Å². The lowest BCUT2D eigenvalue weighted by atomic mass is 10.3. The second kappa shape index (κ2) is 8.81. The van der Waals surface area contributed by atoms with Crippen molar-refractivity contribution in [2.24, 2.45) is 0 Å². The Bertz CT molecular complexity index is 145. The van der Waals surface area contributed by atoms with Gasteiger partial charge in [-0.2, -0.15) is 0 Å². The first-order valence-corrected chi connectivity index (χ1v) is 5.39. The van der Waals surface area contributed by atoms with Crippen molar-refractivity contribution in [2.75, 3.05) is 26.2 Å². The van der Waals surface area contributed by atoms with Crippen LogP contribution in [0.25, 0.3) is 0 Å². The fourth-order valence-electron chi connectivity index (χ4n) is 1.19. The molecule has 0 saturated carbocycles. The van der Waals surface area contributed by atoms with E-state index in [1.165, 1.54) is 0 Å². The van der Waals surface area contributed by atoms with Crippen molar-refractivity contribution in [3.8, 4) is 0 Å². The maximum Gasteiger partial charge on any atom is 0.317 e. The molecule has 0 rings (SSSR count). The van der Waals surface area contributed by atoms with Gasteiger partial charge in [-0.15, -0.1) is 0 Å². The summed E-state index contributed by atoms with van der Waals surface area (Å²) in [5.74, 6) is 0. The van der Waals surface area contributed by atoms with E-state index >= 15 is 0 Å². The van der Waals surface area contributed by atoms with Gasteiger partial charge in [-0.3, -0.25) is 0 Å². The molecule has 0 radical (unpaired) electrons. The van der Waals surface area contributed by atoms with Gasteiger partial charge in [0.1, 0.15) is 0 Å². The molecule has 0 aliphatic rings. The van der Waals surface area contributed by atoms with Crippen molar-refractivity contribution >= 4 is 6.03 Å². The van der Waals surface area contributed by atoms with Gasteiger partial charge in [-0.1, -0.05) is 20.3 Å². The van der Waals surface area contributed by atoms with Crippen molar-refractivity contribution in [3.63, 3.8) is 0 Å². The van der Waals surface area contributed by atoms with E-state index in [0.29, 0.717) is 13.1 Å². The van der Waals surface area contributed by atoms with E-state index < -0.39 is 0 Å².